The second-order valence-electron chi connectivity index (χ2n) is 5.02. The smallest absolute Gasteiger partial charge is 0.196 e. The van der Waals surface area contributed by atoms with E-state index in [0.29, 0.717) is 18.1 Å². The molecule has 0 aromatic heterocycles. The molecule has 0 saturated heterocycles. The average molecular weight is 263 g/mol. The summed E-state index contributed by atoms with van der Waals surface area (Å²) in [5.74, 6) is 0.533. The molecule has 0 amide bonds. The Morgan fingerprint density at radius 1 is 1.05 bits per heavy atom. The Kier molecular flexibility index (Phi) is 2.21. The number of carbonyl (C=O) groups excluding carboxylic acids is 1. The zero-order valence-corrected chi connectivity index (χ0v) is 10.8. The van der Waals surface area contributed by atoms with Gasteiger partial charge in [0.25, 0.3) is 0 Å². The van der Waals surface area contributed by atoms with E-state index in [1.54, 1.807) is 0 Å². The average Bonchev–Trinajstić information content (AvgIpc) is 2.83. The first kappa shape index (κ1) is 11.2. The quantitative estimate of drug-likeness (QED) is 0.792. The fraction of sp³-hybridized carbons (Fsp3) is 0.125. The first-order chi connectivity index (χ1) is 9.77. The van der Waals surface area contributed by atoms with Crippen LogP contribution < -0.4 is 10.6 Å². The third-order valence-corrected chi connectivity index (χ3v) is 3.96. The van der Waals surface area contributed by atoms with Crippen LogP contribution in [0.5, 0.6) is 0 Å². The van der Waals surface area contributed by atoms with Crippen LogP contribution in [0.1, 0.15) is 27.5 Å². The minimum absolute atomic E-state index is 0.0128. The fourth-order valence-corrected chi connectivity index (χ4v) is 3.04. The Hall–Kier alpha value is -2.62. The highest BCUT2D eigenvalue weighted by molar-refractivity contribution is 6.17. The zero-order chi connectivity index (χ0) is 13.7. The molecular weight excluding hydrogens is 250 g/mol. The number of hydrogen-bond acceptors (Lipinski definition) is 4. The van der Waals surface area contributed by atoms with Crippen molar-refractivity contribution in [2.24, 2.45) is 10.7 Å². The molecule has 2 aromatic rings. The maximum atomic E-state index is 12.8. The van der Waals surface area contributed by atoms with Crippen LogP contribution >= 0.6 is 0 Å². The lowest BCUT2D eigenvalue weighted by atomic mass is 9.96. The molecule has 2 heterocycles. The van der Waals surface area contributed by atoms with E-state index < -0.39 is 0 Å². The number of benzene rings is 2. The molecule has 0 bridgehead atoms. The third kappa shape index (κ3) is 1.36. The summed E-state index contributed by atoms with van der Waals surface area (Å²) in [5, 5.41) is 0. The van der Waals surface area contributed by atoms with Gasteiger partial charge in [-0.15, -0.1) is 0 Å². The summed E-state index contributed by atoms with van der Waals surface area (Å²) >= 11 is 0. The predicted molar refractivity (Wildman–Crippen MR) is 78.0 cm³/mol. The third-order valence-electron chi connectivity index (χ3n) is 3.96. The lowest BCUT2D eigenvalue weighted by Crippen LogP contribution is -2.36. The Balaban J connectivity index is 2.05. The largest absolute Gasteiger partial charge is 0.369 e. The Bertz CT molecular complexity index is 751. The van der Waals surface area contributed by atoms with Crippen molar-refractivity contribution in [3.05, 3.63) is 65.2 Å². The van der Waals surface area contributed by atoms with Crippen molar-refractivity contribution in [1.29, 1.82) is 0 Å². The van der Waals surface area contributed by atoms with Crippen molar-refractivity contribution in [2.45, 2.75) is 6.04 Å². The van der Waals surface area contributed by atoms with Crippen molar-refractivity contribution in [3.63, 3.8) is 0 Å². The van der Waals surface area contributed by atoms with Crippen LogP contribution in [-0.4, -0.2) is 18.3 Å². The normalized spacial score (nSPS) is 19.8. The number of nitrogens with two attached hydrogens (primary N) is 1. The Morgan fingerprint density at radius 3 is 2.60 bits per heavy atom. The molecule has 2 N–H and O–H groups in total. The molecule has 0 fully saturated rings. The van der Waals surface area contributed by atoms with E-state index in [-0.39, 0.29) is 11.8 Å². The van der Waals surface area contributed by atoms with Gasteiger partial charge in [-0.05, 0) is 17.7 Å². The van der Waals surface area contributed by atoms with Crippen molar-refractivity contribution < 1.29 is 4.79 Å². The molecule has 2 aromatic carbocycles. The SMILES string of the molecule is NC1=NCC2c3ccccc3C(=O)c3ccccc3N12. The van der Waals surface area contributed by atoms with E-state index in [1.807, 2.05) is 53.4 Å². The first-order valence-corrected chi connectivity index (χ1v) is 6.59. The minimum atomic E-state index is 0.0128. The number of ketones is 1. The summed E-state index contributed by atoms with van der Waals surface area (Å²) in [6, 6.07) is 15.3. The summed E-state index contributed by atoms with van der Waals surface area (Å²) in [6.45, 7) is 0.588. The summed E-state index contributed by atoms with van der Waals surface area (Å²) in [6.07, 6.45) is 0. The van der Waals surface area contributed by atoms with E-state index in [2.05, 4.69) is 4.99 Å². The minimum Gasteiger partial charge on any atom is -0.369 e. The van der Waals surface area contributed by atoms with Gasteiger partial charge in [-0.25, -0.2) is 0 Å². The molecule has 4 heteroatoms. The van der Waals surface area contributed by atoms with Gasteiger partial charge >= 0.3 is 0 Å². The van der Waals surface area contributed by atoms with Gasteiger partial charge in [-0.3, -0.25) is 9.79 Å². The van der Waals surface area contributed by atoms with Gasteiger partial charge in [-0.1, -0.05) is 36.4 Å². The van der Waals surface area contributed by atoms with Gasteiger partial charge in [0.1, 0.15) is 0 Å². The van der Waals surface area contributed by atoms with Crippen LogP contribution in [0.4, 0.5) is 5.69 Å². The molecule has 0 radical (unpaired) electrons. The first-order valence-electron chi connectivity index (χ1n) is 6.59. The fourth-order valence-electron chi connectivity index (χ4n) is 3.04. The maximum absolute atomic E-state index is 12.8. The number of guanidine groups is 1. The number of nitrogens with zero attached hydrogens (tertiary/aromatic N) is 2. The summed E-state index contributed by atoms with van der Waals surface area (Å²) in [5.41, 5.74) is 9.31. The lowest BCUT2D eigenvalue weighted by molar-refractivity contribution is 0.103. The zero-order valence-electron chi connectivity index (χ0n) is 10.8. The number of anilines is 1. The molecule has 0 spiro atoms. The van der Waals surface area contributed by atoms with Crippen LogP contribution in [0.3, 0.4) is 0 Å². The topological polar surface area (TPSA) is 58.7 Å². The number of fused-ring (bicyclic) bond motifs is 5. The van der Waals surface area contributed by atoms with Crippen LogP contribution in [0, 0.1) is 0 Å². The van der Waals surface area contributed by atoms with E-state index in [0.717, 1.165) is 16.8 Å². The summed E-state index contributed by atoms with van der Waals surface area (Å²) in [7, 11) is 0. The van der Waals surface area contributed by atoms with Gasteiger partial charge < -0.3 is 10.6 Å². The number of rotatable bonds is 0. The van der Waals surface area contributed by atoms with Crippen LogP contribution in [0.2, 0.25) is 0 Å². The second-order valence-corrected chi connectivity index (χ2v) is 5.02. The molecule has 4 rings (SSSR count). The lowest BCUT2D eigenvalue weighted by Gasteiger charge is -2.26. The number of carbonyl (C=O) groups is 1. The van der Waals surface area contributed by atoms with Crippen molar-refractivity contribution in [1.82, 2.24) is 0 Å². The monoisotopic (exact) mass is 263 g/mol. The van der Waals surface area contributed by atoms with Gasteiger partial charge in [0.15, 0.2) is 11.7 Å². The van der Waals surface area contributed by atoms with E-state index in [9.17, 15) is 4.79 Å². The Morgan fingerprint density at radius 2 is 1.75 bits per heavy atom. The maximum Gasteiger partial charge on any atom is 0.196 e. The molecule has 0 aliphatic carbocycles. The molecule has 1 atom stereocenters. The van der Waals surface area contributed by atoms with Gasteiger partial charge in [0, 0.05) is 11.1 Å². The highest BCUT2D eigenvalue weighted by atomic mass is 16.1. The number of aliphatic imine (C=N–C) groups is 1. The van der Waals surface area contributed by atoms with Crippen molar-refractivity contribution in [2.75, 3.05) is 11.4 Å². The molecule has 4 nitrogen and oxygen atoms in total. The molecular formula is C16H13N3O. The standard InChI is InChI=1S/C16H13N3O/c17-16-18-9-14-10-5-1-2-6-11(10)15(20)12-7-3-4-8-13(12)19(14)16/h1-8,14H,9H2,(H2,17,18). The van der Waals surface area contributed by atoms with Crippen LogP contribution in [-0.2, 0) is 0 Å². The number of para-hydroxylation sites is 1. The number of hydrogen-bond donors (Lipinski definition) is 1. The predicted octanol–water partition coefficient (Wildman–Crippen LogP) is 2.11. The van der Waals surface area contributed by atoms with Crippen LogP contribution in [0.15, 0.2) is 53.5 Å². The highest BCUT2D eigenvalue weighted by Crippen LogP contribution is 2.39. The second kappa shape index (κ2) is 3.93. The molecule has 2 aliphatic rings. The van der Waals surface area contributed by atoms with E-state index in [1.165, 1.54) is 0 Å². The molecule has 0 saturated carbocycles. The summed E-state index contributed by atoms with van der Waals surface area (Å²) < 4.78 is 0. The van der Waals surface area contributed by atoms with Gasteiger partial charge in [0.05, 0.1) is 18.3 Å². The molecule has 20 heavy (non-hydrogen) atoms. The van der Waals surface area contributed by atoms with Crippen LogP contribution in [0.25, 0.3) is 0 Å². The highest BCUT2D eigenvalue weighted by Gasteiger charge is 2.36. The van der Waals surface area contributed by atoms with E-state index in [4.69, 9.17) is 5.73 Å². The van der Waals surface area contributed by atoms with Gasteiger partial charge in [-0.2, -0.15) is 0 Å². The molecule has 2 aliphatic heterocycles. The van der Waals surface area contributed by atoms with Crippen molar-refractivity contribution >= 4 is 17.4 Å². The Labute approximate surface area is 116 Å². The molecule has 1 unspecified atom stereocenters. The van der Waals surface area contributed by atoms with E-state index >= 15 is 0 Å². The van der Waals surface area contributed by atoms with Gasteiger partial charge in [0.2, 0.25) is 0 Å². The molecule has 98 valence electrons. The van der Waals surface area contributed by atoms with Crippen molar-refractivity contribution in [3.8, 4) is 0 Å². The summed E-state index contributed by atoms with van der Waals surface area (Å²) in [4.78, 5) is 19.1.